The van der Waals surface area contributed by atoms with Crippen molar-refractivity contribution in [2.24, 2.45) is 0 Å². The third-order valence-electron chi connectivity index (χ3n) is 4.22. The molecule has 1 unspecified atom stereocenters. The van der Waals surface area contributed by atoms with Crippen molar-refractivity contribution in [1.82, 2.24) is 0 Å². The maximum atomic E-state index is 5.79. The molecule has 0 spiro atoms. The Morgan fingerprint density at radius 2 is 1.56 bits per heavy atom. The van der Waals surface area contributed by atoms with E-state index in [1.807, 2.05) is 18.4 Å². The highest BCUT2D eigenvalue weighted by Gasteiger charge is 2.22. The Morgan fingerprint density at radius 3 is 2.16 bits per heavy atom. The number of unbranched alkanes of at least 4 members (excludes halogenated alkanes) is 1. The van der Waals surface area contributed by atoms with E-state index in [4.69, 9.17) is 4.74 Å². The molecule has 2 aromatic carbocycles. The molecular weight excluding hydrogens is 306 g/mol. The predicted molar refractivity (Wildman–Crippen MR) is 106 cm³/mol. The zero-order valence-corrected chi connectivity index (χ0v) is 14.7. The number of hydrogen-bond donors (Lipinski definition) is 0. The van der Waals surface area contributed by atoms with Crippen LogP contribution >= 0.6 is 0 Å². The zero-order chi connectivity index (χ0) is 17.3. The van der Waals surface area contributed by atoms with E-state index in [9.17, 15) is 0 Å². The first-order valence-corrected chi connectivity index (χ1v) is 8.96. The van der Waals surface area contributed by atoms with Gasteiger partial charge in [-0.3, -0.25) is 0 Å². The lowest BCUT2D eigenvalue weighted by molar-refractivity contribution is 0.241. The van der Waals surface area contributed by atoms with Gasteiger partial charge in [-0.15, -0.1) is 0 Å². The van der Waals surface area contributed by atoms with Gasteiger partial charge in [0.2, 0.25) is 0 Å². The average Bonchev–Trinajstić information content (AvgIpc) is 2.68. The van der Waals surface area contributed by atoms with Gasteiger partial charge in [-0.25, -0.2) is 0 Å². The van der Waals surface area contributed by atoms with E-state index >= 15 is 0 Å². The fourth-order valence-corrected chi connectivity index (χ4v) is 2.92. The Hall–Kier alpha value is -2.74. The molecule has 1 aliphatic carbocycles. The lowest BCUT2D eigenvalue weighted by atomic mass is 10.00. The summed E-state index contributed by atoms with van der Waals surface area (Å²) in [6.45, 7) is 2.94. The van der Waals surface area contributed by atoms with Crippen LogP contribution in [0.5, 0.6) is 0 Å². The largest absolute Gasteiger partial charge is 0.501 e. The van der Waals surface area contributed by atoms with Crippen LogP contribution < -0.4 is 4.90 Å². The van der Waals surface area contributed by atoms with Gasteiger partial charge in [0.05, 0.1) is 18.9 Å². The number of para-hydroxylation sites is 2. The second-order valence-electron chi connectivity index (χ2n) is 6.07. The minimum atomic E-state index is 0.108. The second kappa shape index (κ2) is 8.93. The Kier molecular flexibility index (Phi) is 6.11. The fraction of sp³-hybridized carbons (Fsp3) is 0.217. The van der Waals surface area contributed by atoms with Crippen LogP contribution in [0.2, 0.25) is 0 Å². The van der Waals surface area contributed by atoms with Gasteiger partial charge in [-0.05, 0) is 30.7 Å². The van der Waals surface area contributed by atoms with Crippen LogP contribution in [0.15, 0.2) is 96.8 Å². The summed E-state index contributed by atoms with van der Waals surface area (Å²) < 4.78 is 5.79. The van der Waals surface area contributed by atoms with Crippen molar-refractivity contribution >= 4 is 11.4 Å². The number of hydrogen-bond acceptors (Lipinski definition) is 2. The average molecular weight is 331 g/mol. The van der Waals surface area contributed by atoms with Gasteiger partial charge >= 0.3 is 0 Å². The molecular formula is C23H25NO. The Balaban J connectivity index is 1.94. The monoisotopic (exact) mass is 331 g/mol. The topological polar surface area (TPSA) is 12.5 Å². The summed E-state index contributed by atoms with van der Waals surface area (Å²) in [6.07, 6.45) is 12.7. The highest BCUT2D eigenvalue weighted by Crippen LogP contribution is 2.32. The molecule has 0 radical (unpaired) electrons. The third kappa shape index (κ3) is 4.42. The fourth-order valence-electron chi connectivity index (χ4n) is 2.92. The van der Waals surface area contributed by atoms with Crippen LogP contribution in [0.3, 0.4) is 0 Å². The zero-order valence-electron chi connectivity index (χ0n) is 14.7. The first-order chi connectivity index (χ1) is 12.4. The number of rotatable bonds is 7. The van der Waals surface area contributed by atoms with E-state index in [2.05, 4.69) is 84.7 Å². The summed E-state index contributed by atoms with van der Waals surface area (Å²) in [4.78, 5) is 2.34. The highest BCUT2D eigenvalue weighted by molar-refractivity contribution is 5.67. The van der Waals surface area contributed by atoms with Crippen LogP contribution in [-0.2, 0) is 4.74 Å². The lowest BCUT2D eigenvalue weighted by Gasteiger charge is -2.33. The first kappa shape index (κ1) is 17.1. The molecule has 0 saturated carbocycles. The van der Waals surface area contributed by atoms with Gasteiger partial charge in [0.1, 0.15) is 0 Å². The van der Waals surface area contributed by atoms with Gasteiger partial charge in [0, 0.05) is 16.9 Å². The van der Waals surface area contributed by atoms with Crippen molar-refractivity contribution in [2.75, 3.05) is 11.5 Å². The summed E-state index contributed by atoms with van der Waals surface area (Å²) in [7, 11) is 0. The van der Waals surface area contributed by atoms with E-state index < -0.39 is 0 Å². The summed E-state index contributed by atoms with van der Waals surface area (Å²) in [6, 6.07) is 21.1. The van der Waals surface area contributed by atoms with Crippen LogP contribution in [0.1, 0.15) is 19.8 Å². The van der Waals surface area contributed by atoms with Crippen molar-refractivity contribution in [3.63, 3.8) is 0 Å². The van der Waals surface area contributed by atoms with Gasteiger partial charge in [0.25, 0.3) is 0 Å². The molecule has 1 aliphatic rings. The van der Waals surface area contributed by atoms with Crippen molar-refractivity contribution in [3.05, 3.63) is 96.8 Å². The molecule has 2 aromatic rings. The van der Waals surface area contributed by atoms with E-state index in [1.165, 1.54) is 0 Å². The molecule has 3 rings (SSSR count). The summed E-state index contributed by atoms with van der Waals surface area (Å²) >= 11 is 0. The van der Waals surface area contributed by atoms with Crippen molar-refractivity contribution in [3.8, 4) is 0 Å². The van der Waals surface area contributed by atoms with Crippen LogP contribution in [-0.4, -0.2) is 12.6 Å². The van der Waals surface area contributed by atoms with Gasteiger partial charge in [-0.2, -0.15) is 0 Å². The Labute approximate surface area is 150 Å². The molecule has 2 heteroatoms. The second-order valence-corrected chi connectivity index (χ2v) is 6.07. The molecule has 128 valence electrons. The maximum absolute atomic E-state index is 5.79. The minimum absolute atomic E-state index is 0.108. The molecule has 0 fully saturated rings. The van der Waals surface area contributed by atoms with E-state index in [1.54, 1.807) is 0 Å². The van der Waals surface area contributed by atoms with E-state index in [0.717, 1.165) is 36.4 Å². The molecule has 0 heterocycles. The molecule has 2 nitrogen and oxygen atoms in total. The molecule has 1 atom stereocenters. The van der Waals surface area contributed by atoms with E-state index in [0.29, 0.717) is 0 Å². The smallest absolute Gasteiger partial charge is 0.0885 e. The van der Waals surface area contributed by atoms with Crippen molar-refractivity contribution in [2.45, 2.75) is 25.8 Å². The summed E-state index contributed by atoms with van der Waals surface area (Å²) in [5.41, 5.74) is 3.49. The van der Waals surface area contributed by atoms with Crippen molar-refractivity contribution in [1.29, 1.82) is 0 Å². The van der Waals surface area contributed by atoms with Gasteiger partial charge < -0.3 is 9.64 Å². The minimum Gasteiger partial charge on any atom is -0.501 e. The molecule has 25 heavy (non-hydrogen) atoms. The SMILES string of the molecule is CCCCOC=C1C=CC=CC1N(c1ccccc1)c1ccccc1. The number of benzene rings is 2. The van der Waals surface area contributed by atoms with Gasteiger partial charge in [0.15, 0.2) is 0 Å². The van der Waals surface area contributed by atoms with Crippen LogP contribution in [0.25, 0.3) is 0 Å². The molecule has 0 N–H and O–H groups in total. The molecule has 0 saturated heterocycles. The molecule has 0 bridgehead atoms. The highest BCUT2D eigenvalue weighted by atomic mass is 16.5. The van der Waals surface area contributed by atoms with Crippen molar-refractivity contribution < 1.29 is 4.74 Å². The number of ether oxygens (including phenoxy) is 1. The van der Waals surface area contributed by atoms with Crippen LogP contribution in [0, 0.1) is 0 Å². The number of nitrogens with zero attached hydrogens (tertiary/aromatic N) is 1. The predicted octanol–water partition coefficient (Wildman–Crippen LogP) is 6.02. The standard InChI is InChI=1S/C23H25NO/c1-2-3-18-25-19-20-12-10-11-17-23(20)24(21-13-6-4-7-14-21)22-15-8-5-9-16-22/h4-17,19,23H,2-3,18H2,1H3. The Bertz CT molecular complexity index is 692. The third-order valence-corrected chi connectivity index (χ3v) is 4.22. The van der Waals surface area contributed by atoms with Crippen LogP contribution in [0.4, 0.5) is 11.4 Å². The van der Waals surface area contributed by atoms with Gasteiger partial charge in [-0.1, -0.05) is 74.0 Å². The number of anilines is 2. The molecule has 0 aromatic heterocycles. The summed E-state index contributed by atoms with van der Waals surface area (Å²) in [5.74, 6) is 0. The molecule has 0 aliphatic heterocycles. The summed E-state index contributed by atoms with van der Waals surface area (Å²) in [5, 5.41) is 0. The quantitative estimate of drug-likeness (QED) is 0.454. The number of allylic oxidation sites excluding steroid dienone is 2. The maximum Gasteiger partial charge on any atom is 0.0885 e. The molecule has 0 amide bonds. The lowest BCUT2D eigenvalue weighted by Crippen LogP contribution is -2.31. The van der Waals surface area contributed by atoms with E-state index in [-0.39, 0.29) is 6.04 Å². The Morgan fingerprint density at radius 1 is 0.920 bits per heavy atom. The normalized spacial score (nSPS) is 17.6. The first-order valence-electron chi connectivity index (χ1n) is 8.96.